The first-order valence-corrected chi connectivity index (χ1v) is 9.47. The van der Waals surface area contributed by atoms with Crippen LogP contribution in [-0.2, 0) is 13.3 Å². The van der Waals surface area contributed by atoms with E-state index in [1.807, 2.05) is 0 Å². The number of hydrogen-bond donors (Lipinski definition) is 2. The van der Waals surface area contributed by atoms with E-state index in [2.05, 4.69) is 20.8 Å². The molecule has 0 fully saturated rings. The Labute approximate surface area is 119 Å². The van der Waals surface area contributed by atoms with Gasteiger partial charge in [0.15, 0.2) is 0 Å². The van der Waals surface area contributed by atoms with Crippen LogP contribution in [0.4, 0.5) is 0 Å². The van der Waals surface area contributed by atoms with E-state index in [9.17, 15) is 0 Å². The van der Waals surface area contributed by atoms with Gasteiger partial charge in [0.2, 0.25) is 0 Å². The third-order valence-electron chi connectivity index (χ3n) is 2.80. The Morgan fingerprint density at radius 1 is 1.00 bits per heavy atom. The number of nitrogens with two attached hydrogens (primary N) is 2. The lowest BCUT2D eigenvalue weighted by Gasteiger charge is -2.33. The van der Waals surface area contributed by atoms with Crippen LogP contribution in [0.5, 0.6) is 0 Å². The molecule has 0 aliphatic rings. The highest BCUT2D eigenvalue weighted by atomic mass is 28.4. The van der Waals surface area contributed by atoms with E-state index >= 15 is 0 Å². The zero-order chi connectivity index (χ0) is 14.6. The van der Waals surface area contributed by atoms with Crippen LogP contribution in [0.2, 0.25) is 6.04 Å². The van der Waals surface area contributed by atoms with E-state index in [-0.39, 0.29) is 6.10 Å². The summed E-state index contributed by atoms with van der Waals surface area (Å²) in [7, 11) is -2.62. The smallest absolute Gasteiger partial charge is 0.373 e. The first-order chi connectivity index (χ1) is 9.17. The van der Waals surface area contributed by atoms with Gasteiger partial charge in [0.05, 0.1) is 6.10 Å². The van der Waals surface area contributed by atoms with Crippen LogP contribution in [-0.4, -0.2) is 41.2 Å². The fourth-order valence-electron chi connectivity index (χ4n) is 1.70. The first-order valence-electron chi connectivity index (χ1n) is 7.53. The molecule has 0 aliphatic carbocycles. The van der Waals surface area contributed by atoms with Crippen molar-refractivity contribution in [3.05, 3.63) is 0 Å². The first kappa shape index (κ1) is 19.0. The van der Waals surface area contributed by atoms with Crippen molar-refractivity contribution in [2.75, 3.05) is 26.3 Å². The molecule has 1 unspecified atom stereocenters. The normalized spacial score (nSPS) is 13.7. The lowest BCUT2D eigenvalue weighted by Crippen LogP contribution is -2.50. The Kier molecular flexibility index (Phi) is 11.8. The number of rotatable bonds is 13. The molecule has 0 saturated carbocycles. The highest BCUT2D eigenvalue weighted by Gasteiger charge is 2.42. The van der Waals surface area contributed by atoms with E-state index in [4.69, 9.17) is 24.7 Å². The van der Waals surface area contributed by atoms with Crippen LogP contribution in [0, 0.1) is 0 Å². The van der Waals surface area contributed by atoms with Gasteiger partial charge in [0, 0.05) is 25.8 Å². The second kappa shape index (κ2) is 11.8. The second-order valence-electron chi connectivity index (χ2n) is 4.66. The minimum atomic E-state index is -2.62. The van der Waals surface area contributed by atoms with Crippen LogP contribution in [0.25, 0.3) is 0 Å². The molecule has 0 aromatic rings. The van der Waals surface area contributed by atoms with Gasteiger partial charge in [-0.3, -0.25) is 0 Å². The van der Waals surface area contributed by atoms with Crippen molar-refractivity contribution in [1.82, 2.24) is 0 Å². The van der Waals surface area contributed by atoms with Gasteiger partial charge in [-0.15, -0.1) is 0 Å². The topological polar surface area (TPSA) is 79.7 Å². The third kappa shape index (κ3) is 8.01. The molecule has 0 aliphatic heterocycles. The Morgan fingerprint density at radius 3 is 1.95 bits per heavy atom. The molecule has 0 aromatic heterocycles. The van der Waals surface area contributed by atoms with E-state index in [1.165, 1.54) is 0 Å². The zero-order valence-electron chi connectivity index (χ0n) is 12.8. The lowest BCUT2D eigenvalue weighted by atomic mass is 10.3. The fraction of sp³-hybridized carbons (Fsp3) is 1.00. The Bertz CT molecular complexity index is 183. The van der Waals surface area contributed by atoms with E-state index in [1.54, 1.807) is 0 Å². The maximum absolute atomic E-state index is 6.16. The summed E-state index contributed by atoms with van der Waals surface area (Å²) in [6.07, 6.45) is 3.66. The predicted molar refractivity (Wildman–Crippen MR) is 80.9 cm³/mol. The maximum atomic E-state index is 6.16. The van der Waals surface area contributed by atoms with Gasteiger partial charge in [-0.05, 0) is 32.2 Å². The quantitative estimate of drug-likeness (QED) is 0.507. The Balaban J connectivity index is 4.74. The molecule has 116 valence electrons. The minimum absolute atomic E-state index is 0.0122. The molecule has 6 heteroatoms. The molecule has 4 N–H and O–H groups in total. The molecule has 5 nitrogen and oxygen atoms in total. The highest BCUT2D eigenvalue weighted by Crippen LogP contribution is 2.21. The molecule has 1 atom stereocenters. The maximum Gasteiger partial charge on any atom is 0.501 e. The van der Waals surface area contributed by atoms with Crippen molar-refractivity contribution in [2.45, 2.75) is 58.6 Å². The monoisotopic (exact) mass is 292 g/mol. The molecule has 0 radical (unpaired) electrons. The Hall–Kier alpha value is 0.0169. The summed E-state index contributed by atoms with van der Waals surface area (Å²) in [5.41, 5.74) is 11.4. The minimum Gasteiger partial charge on any atom is -0.373 e. The highest BCUT2D eigenvalue weighted by molar-refractivity contribution is 6.60. The van der Waals surface area contributed by atoms with Gasteiger partial charge in [-0.1, -0.05) is 20.8 Å². The summed E-state index contributed by atoms with van der Waals surface area (Å²) in [5.74, 6) is 0. The molecule has 0 heterocycles. The molecule has 0 amide bonds. The largest absolute Gasteiger partial charge is 0.501 e. The average Bonchev–Trinajstić information content (AvgIpc) is 2.45. The van der Waals surface area contributed by atoms with Crippen molar-refractivity contribution < 1.29 is 13.3 Å². The summed E-state index contributed by atoms with van der Waals surface area (Å²) in [6, 6.07) is 0.778. The van der Waals surface area contributed by atoms with Gasteiger partial charge in [-0.25, -0.2) is 0 Å². The third-order valence-corrected chi connectivity index (χ3v) is 5.75. The molecular weight excluding hydrogens is 260 g/mol. The van der Waals surface area contributed by atoms with Gasteiger partial charge in [0.25, 0.3) is 0 Å². The Morgan fingerprint density at radius 2 is 1.58 bits per heavy atom. The summed E-state index contributed by atoms with van der Waals surface area (Å²) >= 11 is 0. The van der Waals surface area contributed by atoms with E-state index in [0.29, 0.717) is 26.3 Å². The van der Waals surface area contributed by atoms with Gasteiger partial charge in [-0.2, -0.15) is 0 Å². The summed E-state index contributed by atoms with van der Waals surface area (Å²) in [6.45, 7) is 8.70. The number of hydrogen-bond acceptors (Lipinski definition) is 5. The summed E-state index contributed by atoms with van der Waals surface area (Å²) in [4.78, 5) is 0. The van der Waals surface area contributed by atoms with E-state index < -0.39 is 8.80 Å². The van der Waals surface area contributed by atoms with Crippen molar-refractivity contribution in [2.24, 2.45) is 11.5 Å². The standard InChI is InChI=1S/C13H32N2O3Si/c1-4-9-16-19(11-7-8-14,17-10-5-2)18-13(6-3)12-15/h13H,4-12,14-15H2,1-3H3. The van der Waals surface area contributed by atoms with Crippen LogP contribution in [0.15, 0.2) is 0 Å². The summed E-state index contributed by atoms with van der Waals surface area (Å²) in [5, 5.41) is 0. The molecular formula is C13H32N2O3Si. The van der Waals surface area contributed by atoms with Crippen molar-refractivity contribution >= 4 is 8.80 Å². The second-order valence-corrected chi connectivity index (χ2v) is 7.34. The molecule has 0 aromatic carbocycles. The summed E-state index contributed by atoms with van der Waals surface area (Å²) < 4.78 is 18.2. The molecule has 0 spiro atoms. The van der Waals surface area contributed by atoms with Crippen LogP contribution in [0.1, 0.15) is 46.5 Å². The molecule has 0 saturated heterocycles. The van der Waals surface area contributed by atoms with Gasteiger partial charge < -0.3 is 24.7 Å². The lowest BCUT2D eigenvalue weighted by molar-refractivity contribution is 0.0276. The predicted octanol–water partition coefficient (Wildman–Crippen LogP) is 1.88. The van der Waals surface area contributed by atoms with Crippen LogP contribution < -0.4 is 11.5 Å². The van der Waals surface area contributed by atoms with Gasteiger partial charge in [0.1, 0.15) is 0 Å². The van der Waals surface area contributed by atoms with E-state index in [0.717, 1.165) is 31.7 Å². The van der Waals surface area contributed by atoms with Crippen molar-refractivity contribution in [3.8, 4) is 0 Å². The molecule has 19 heavy (non-hydrogen) atoms. The molecule has 0 bridgehead atoms. The SMILES string of the molecule is CCCO[Si](CCCN)(OCCC)OC(CC)CN. The van der Waals surface area contributed by atoms with Crippen molar-refractivity contribution in [1.29, 1.82) is 0 Å². The zero-order valence-corrected chi connectivity index (χ0v) is 13.8. The fourth-order valence-corrected chi connectivity index (χ4v) is 4.76. The molecule has 0 rings (SSSR count). The van der Waals surface area contributed by atoms with Gasteiger partial charge >= 0.3 is 8.80 Å². The van der Waals surface area contributed by atoms with Crippen molar-refractivity contribution in [3.63, 3.8) is 0 Å². The average molecular weight is 292 g/mol. The van der Waals surface area contributed by atoms with Crippen LogP contribution in [0.3, 0.4) is 0 Å². The van der Waals surface area contributed by atoms with Crippen LogP contribution >= 0.6 is 0 Å².